The Kier molecular flexibility index (Phi) is 6.01. The predicted octanol–water partition coefficient (Wildman–Crippen LogP) is 1.94. The molecule has 1 fully saturated rings. The zero-order valence-corrected chi connectivity index (χ0v) is 14.3. The third-order valence-electron chi connectivity index (χ3n) is 3.74. The highest BCUT2D eigenvalue weighted by atomic mass is 32.2. The fourth-order valence-electron chi connectivity index (χ4n) is 2.46. The summed E-state index contributed by atoms with van der Waals surface area (Å²) in [6.45, 7) is 4.75. The first-order valence-corrected chi connectivity index (χ1v) is 9.35. The van der Waals surface area contributed by atoms with Crippen LogP contribution in [0.2, 0.25) is 0 Å². The van der Waals surface area contributed by atoms with E-state index in [0.29, 0.717) is 13.1 Å². The minimum absolute atomic E-state index is 0.0343. The Morgan fingerprint density at radius 1 is 1.43 bits per heavy atom. The van der Waals surface area contributed by atoms with Crippen LogP contribution < -0.4 is 4.18 Å². The van der Waals surface area contributed by atoms with E-state index in [1.807, 2.05) is 6.07 Å². The molecular weight excluding hydrogens is 318 g/mol. The standard InChI is InChI=1S/C16H23NO5S/c1-3-23(19,20)22-15-7-4-6-14(10-15)11-17(13(2)18)12-16-8-5-9-21-16/h4,6-7,10,16H,3,5,8-9,11-12H2,1-2H3/t16-/m1/s1. The van der Waals surface area contributed by atoms with Crippen LogP contribution in [0.25, 0.3) is 0 Å². The second-order valence-electron chi connectivity index (χ2n) is 5.61. The van der Waals surface area contributed by atoms with E-state index in [0.717, 1.165) is 25.0 Å². The molecular formula is C16H23NO5S. The Morgan fingerprint density at radius 3 is 2.83 bits per heavy atom. The number of carbonyl (C=O) groups excluding carboxylic acids is 1. The number of nitrogens with zero attached hydrogens (tertiary/aromatic N) is 1. The molecule has 0 N–H and O–H groups in total. The molecule has 1 aliphatic rings. The first-order valence-electron chi connectivity index (χ1n) is 7.78. The second-order valence-corrected chi connectivity index (χ2v) is 7.47. The van der Waals surface area contributed by atoms with Crippen molar-refractivity contribution >= 4 is 16.0 Å². The van der Waals surface area contributed by atoms with Crippen molar-refractivity contribution < 1.29 is 22.1 Å². The van der Waals surface area contributed by atoms with Crippen LogP contribution in [-0.4, -0.2) is 44.2 Å². The van der Waals surface area contributed by atoms with E-state index in [1.54, 1.807) is 23.1 Å². The fourth-order valence-corrected chi connectivity index (χ4v) is 2.97. The molecule has 0 radical (unpaired) electrons. The van der Waals surface area contributed by atoms with Gasteiger partial charge < -0.3 is 13.8 Å². The third-order valence-corrected chi connectivity index (χ3v) is 4.90. The minimum atomic E-state index is -3.55. The zero-order chi connectivity index (χ0) is 16.9. The Morgan fingerprint density at radius 2 is 2.22 bits per heavy atom. The van der Waals surface area contributed by atoms with E-state index < -0.39 is 10.1 Å². The quantitative estimate of drug-likeness (QED) is 0.709. The maximum Gasteiger partial charge on any atom is 0.308 e. The van der Waals surface area contributed by atoms with E-state index >= 15 is 0 Å². The molecule has 1 aliphatic heterocycles. The van der Waals surface area contributed by atoms with Crippen LogP contribution in [0.3, 0.4) is 0 Å². The molecule has 1 amide bonds. The van der Waals surface area contributed by atoms with Crippen molar-refractivity contribution in [2.24, 2.45) is 0 Å². The first kappa shape index (κ1) is 17.7. The average molecular weight is 341 g/mol. The normalized spacial score (nSPS) is 17.9. The van der Waals surface area contributed by atoms with Gasteiger partial charge in [-0.1, -0.05) is 12.1 Å². The van der Waals surface area contributed by atoms with Crippen LogP contribution >= 0.6 is 0 Å². The average Bonchev–Trinajstić information content (AvgIpc) is 2.99. The highest BCUT2D eigenvalue weighted by molar-refractivity contribution is 7.87. The van der Waals surface area contributed by atoms with Gasteiger partial charge in [-0.15, -0.1) is 0 Å². The van der Waals surface area contributed by atoms with Crippen LogP contribution in [0.5, 0.6) is 5.75 Å². The molecule has 128 valence electrons. The van der Waals surface area contributed by atoms with Gasteiger partial charge in [-0.25, -0.2) is 0 Å². The highest BCUT2D eigenvalue weighted by Gasteiger charge is 2.21. The summed E-state index contributed by atoms with van der Waals surface area (Å²) < 4.78 is 33.7. The van der Waals surface area contributed by atoms with Gasteiger partial charge in [-0.2, -0.15) is 8.42 Å². The van der Waals surface area contributed by atoms with Gasteiger partial charge in [0, 0.05) is 26.6 Å². The predicted molar refractivity (Wildman–Crippen MR) is 86.6 cm³/mol. The number of hydrogen-bond donors (Lipinski definition) is 0. The molecule has 6 nitrogen and oxygen atoms in total. The van der Waals surface area contributed by atoms with Crippen LogP contribution in [-0.2, 0) is 26.2 Å². The summed E-state index contributed by atoms with van der Waals surface area (Å²) in [4.78, 5) is 13.6. The fraction of sp³-hybridized carbons (Fsp3) is 0.562. The molecule has 2 rings (SSSR count). The van der Waals surface area contributed by atoms with Crippen LogP contribution in [0.1, 0.15) is 32.3 Å². The molecule has 0 aliphatic carbocycles. The van der Waals surface area contributed by atoms with Crippen LogP contribution in [0.4, 0.5) is 0 Å². The van der Waals surface area contributed by atoms with Crippen molar-refractivity contribution in [3.05, 3.63) is 29.8 Å². The summed E-state index contributed by atoms with van der Waals surface area (Å²) >= 11 is 0. The largest absolute Gasteiger partial charge is 0.382 e. The molecule has 0 unspecified atom stereocenters. The molecule has 1 atom stereocenters. The zero-order valence-electron chi connectivity index (χ0n) is 13.5. The molecule has 1 aromatic carbocycles. The summed E-state index contributed by atoms with van der Waals surface area (Å²) in [5, 5.41) is 0. The van der Waals surface area contributed by atoms with Crippen LogP contribution in [0.15, 0.2) is 24.3 Å². The van der Waals surface area contributed by atoms with Gasteiger partial charge in [0.15, 0.2) is 0 Å². The number of rotatable bonds is 7. The lowest BCUT2D eigenvalue weighted by Gasteiger charge is -2.24. The Hall–Kier alpha value is -1.60. The maximum absolute atomic E-state index is 11.8. The van der Waals surface area contributed by atoms with Crippen molar-refractivity contribution in [1.29, 1.82) is 0 Å². The lowest BCUT2D eigenvalue weighted by molar-refractivity contribution is -0.131. The number of hydrogen-bond acceptors (Lipinski definition) is 5. The van der Waals surface area contributed by atoms with Gasteiger partial charge in [0.1, 0.15) is 5.75 Å². The summed E-state index contributed by atoms with van der Waals surface area (Å²) in [6, 6.07) is 6.81. The van der Waals surface area contributed by atoms with E-state index in [-0.39, 0.29) is 23.5 Å². The summed E-state index contributed by atoms with van der Waals surface area (Å²) in [6.07, 6.45) is 2.06. The van der Waals surface area contributed by atoms with Gasteiger partial charge in [0.05, 0.1) is 11.9 Å². The van der Waals surface area contributed by atoms with Gasteiger partial charge in [-0.3, -0.25) is 4.79 Å². The molecule has 7 heteroatoms. The number of carbonyl (C=O) groups is 1. The summed E-state index contributed by atoms with van der Waals surface area (Å²) in [7, 11) is -3.55. The van der Waals surface area contributed by atoms with Crippen LogP contribution in [0, 0.1) is 0 Å². The van der Waals surface area contributed by atoms with Gasteiger partial charge in [0.25, 0.3) is 0 Å². The number of amides is 1. The summed E-state index contributed by atoms with van der Waals surface area (Å²) in [5.41, 5.74) is 0.821. The highest BCUT2D eigenvalue weighted by Crippen LogP contribution is 2.19. The lowest BCUT2D eigenvalue weighted by Crippen LogP contribution is -2.35. The maximum atomic E-state index is 11.8. The molecule has 0 bridgehead atoms. The van der Waals surface area contributed by atoms with Gasteiger partial charge >= 0.3 is 10.1 Å². The topological polar surface area (TPSA) is 72.9 Å². The molecule has 1 heterocycles. The van der Waals surface area contributed by atoms with Crippen molar-refractivity contribution in [2.75, 3.05) is 18.9 Å². The Balaban J connectivity index is 2.06. The Labute approximate surface area is 137 Å². The smallest absolute Gasteiger partial charge is 0.308 e. The van der Waals surface area contributed by atoms with E-state index in [4.69, 9.17) is 8.92 Å². The van der Waals surface area contributed by atoms with Gasteiger partial charge in [0.2, 0.25) is 5.91 Å². The SMILES string of the molecule is CCS(=O)(=O)Oc1cccc(CN(C[C@H]2CCCO2)C(C)=O)c1. The van der Waals surface area contributed by atoms with Crippen molar-refractivity contribution in [3.63, 3.8) is 0 Å². The monoisotopic (exact) mass is 341 g/mol. The molecule has 0 saturated carbocycles. The number of benzene rings is 1. The number of ether oxygens (including phenoxy) is 1. The van der Waals surface area contributed by atoms with E-state index in [1.165, 1.54) is 13.8 Å². The summed E-state index contributed by atoms with van der Waals surface area (Å²) in [5.74, 6) is 0.147. The van der Waals surface area contributed by atoms with Crippen molar-refractivity contribution in [3.8, 4) is 5.75 Å². The van der Waals surface area contributed by atoms with E-state index in [9.17, 15) is 13.2 Å². The Bertz CT molecular complexity index is 638. The minimum Gasteiger partial charge on any atom is -0.382 e. The molecule has 23 heavy (non-hydrogen) atoms. The third kappa shape index (κ3) is 5.51. The lowest BCUT2D eigenvalue weighted by atomic mass is 10.1. The molecule has 0 aromatic heterocycles. The van der Waals surface area contributed by atoms with Crippen molar-refractivity contribution in [1.82, 2.24) is 4.90 Å². The molecule has 0 spiro atoms. The van der Waals surface area contributed by atoms with E-state index in [2.05, 4.69) is 0 Å². The van der Waals surface area contributed by atoms with Crippen molar-refractivity contribution in [2.45, 2.75) is 39.3 Å². The second kappa shape index (κ2) is 7.79. The first-order chi connectivity index (χ1) is 10.9. The van der Waals surface area contributed by atoms with Gasteiger partial charge in [-0.05, 0) is 37.5 Å². The molecule has 1 saturated heterocycles. The molecule has 1 aromatic rings.